The smallest absolute Gasteiger partial charge is 0.119 e. The number of hydrogen-bond donors (Lipinski definition) is 1. The molecule has 1 aromatic rings. The Bertz CT molecular complexity index is 303. The van der Waals surface area contributed by atoms with Crippen LogP contribution in [-0.4, -0.2) is 26.9 Å². The maximum atomic E-state index is 5.46. The van der Waals surface area contributed by atoms with Gasteiger partial charge in [-0.05, 0) is 44.0 Å². The third-order valence-electron chi connectivity index (χ3n) is 2.84. The lowest BCUT2D eigenvalue weighted by Crippen LogP contribution is -2.23. The molecule has 0 aliphatic rings. The van der Waals surface area contributed by atoms with Crippen LogP contribution in [0.2, 0.25) is 0 Å². The van der Waals surface area contributed by atoms with Gasteiger partial charge in [0.2, 0.25) is 0 Å². The summed E-state index contributed by atoms with van der Waals surface area (Å²) < 4.78 is 10.6. The van der Waals surface area contributed by atoms with Crippen LogP contribution in [0.5, 0.6) is 5.75 Å². The van der Waals surface area contributed by atoms with E-state index in [1.165, 1.54) is 5.56 Å². The summed E-state index contributed by atoms with van der Waals surface area (Å²) in [5.41, 5.74) is 1.30. The molecule has 3 nitrogen and oxygen atoms in total. The molecule has 0 spiro atoms. The first-order valence-corrected chi connectivity index (χ1v) is 6.76. The molecule has 102 valence electrons. The Morgan fingerprint density at radius 2 is 1.89 bits per heavy atom. The number of nitrogens with one attached hydrogen (secondary N) is 1. The van der Waals surface area contributed by atoms with Gasteiger partial charge in [0.05, 0.1) is 6.61 Å². The van der Waals surface area contributed by atoms with E-state index < -0.39 is 0 Å². The van der Waals surface area contributed by atoms with Crippen LogP contribution in [0.1, 0.15) is 38.3 Å². The molecule has 0 aliphatic carbocycles. The van der Waals surface area contributed by atoms with Crippen molar-refractivity contribution in [3.8, 4) is 5.75 Å². The minimum absolute atomic E-state index is 0.362. The monoisotopic (exact) mass is 251 g/mol. The highest BCUT2D eigenvalue weighted by atomic mass is 16.5. The fraction of sp³-hybridized carbons (Fsp3) is 0.600. The molecule has 0 aliphatic heterocycles. The lowest BCUT2D eigenvalue weighted by Gasteiger charge is -2.19. The molecule has 0 saturated heterocycles. The van der Waals surface area contributed by atoms with Gasteiger partial charge in [0.25, 0.3) is 0 Å². The van der Waals surface area contributed by atoms with Crippen molar-refractivity contribution in [1.82, 2.24) is 5.32 Å². The Kier molecular flexibility index (Phi) is 7.46. The van der Waals surface area contributed by atoms with Crippen LogP contribution in [0.25, 0.3) is 0 Å². The van der Waals surface area contributed by atoms with Crippen LogP contribution < -0.4 is 10.1 Å². The maximum absolute atomic E-state index is 5.46. The fourth-order valence-electron chi connectivity index (χ4n) is 1.90. The van der Waals surface area contributed by atoms with Gasteiger partial charge >= 0.3 is 0 Å². The van der Waals surface area contributed by atoms with E-state index in [0.29, 0.717) is 12.6 Å². The number of hydrogen-bond acceptors (Lipinski definition) is 3. The lowest BCUT2D eigenvalue weighted by molar-refractivity contribution is 0.183. The Labute approximate surface area is 110 Å². The highest BCUT2D eigenvalue weighted by Gasteiger charge is 2.10. The Hall–Kier alpha value is -1.06. The molecule has 1 atom stereocenters. The van der Waals surface area contributed by atoms with Crippen molar-refractivity contribution in [3.05, 3.63) is 29.8 Å². The van der Waals surface area contributed by atoms with E-state index in [1.807, 2.05) is 19.1 Å². The van der Waals surface area contributed by atoms with Gasteiger partial charge in [-0.3, -0.25) is 0 Å². The predicted octanol–water partition coefficient (Wildman–Crippen LogP) is 3.16. The molecule has 0 fully saturated rings. The van der Waals surface area contributed by atoms with Crippen molar-refractivity contribution in [2.45, 2.75) is 32.7 Å². The molecule has 0 saturated carbocycles. The van der Waals surface area contributed by atoms with Crippen LogP contribution in [0, 0.1) is 0 Å². The van der Waals surface area contributed by atoms with Gasteiger partial charge in [0.1, 0.15) is 5.75 Å². The SMILES string of the molecule is CCCNC(CCOC)c1ccc(OCC)cc1. The molecule has 1 aromatic carbocycles. The molecule has 0 heterocycles. The highest BCUT2D eigenvalue weighted by molar-refractivity contribution is 5.29. The fourth-order valence-corrected chi connectivity index (χ4v) is 1.90. The largest absolute Gasteiger partial charge is 0.494 e. The third kappa shape index (κ3) is 5.07. The summed E-state index contributed by atoms with van der Waals surface area (Å²) in [5.74, 6) is 0.933. The van der Waals surface area contributed by atoms with Gasteiger partial charge in [0.15, 0.2) is 0 Å². The minimum atomic E-state index is 0.362. The Balaban J connectivity index is 2.64. The second-order valence-corrected chi connectivity index (χ2v) is 4.29. The topological polar surface area (TPSA) is 30.5 Å². The number of benzene rings is 1. The number of ether oxygens (including phenoxy) is 2. The zero-order valence-electron chi connectivity index (χ0n) is 11.7. The van der Waals surface area contributed by atoms with Gasteiger partial charge < -0.3 is 14.8 Å². The third-order valence-corrected chi connectivity index (χ3v) is 2.84. The van der Waals surface area contributed by atoms with E-state index in [0.717, 1.165) is 31.7 Å². The van der Waals surface area contributed by atoms with Crippen molar-refractivity contribution in [2.24, 2.45) is 0 Å². The normalized spacial score (nSPS) is 12.4. The summed E-state index contributed by atoms with van der Waals surface area (Å²) in [4.78, 5) is 0. The minimum Gasteiger partial charge on any atom is -0.494 e. The van der Waals surface area contributed by atoms with E-state index in [1.54, 1.807) is 7.11 Å². The Morgan fingerprint density at radius 1 is 1.17 bits per heavy atom. The molecule has 1 N–H and O–H groups in total. The molecule has 0 aromatic heterocycles. The molecule has 1 rings (SSSR count). The lowest BCUT2D eigenvalue weighted by atomic mass is 10.0. The first kappa shape index (κ1) is 15.0. The van der Waals surface area contributed by atoms with Gasteiger partial charge in [0, 0.05) is 19.8 Å². The van der Waals surface area contributed by atoms with E-state index in [4.69, 9.17) is 9.47 Å². The van der Waals surface area contributed by atoms with Crippen molar-refractivity contribution in [3.63, 3.8) is 0 Å². The van der Waals surface area contributed by atoms with Crippen LogP contribution in [0.15, 0.2) is 24.3 Å². The molecular formula is C15H25NO2. The predicted molar refractivity (Wildman–Crippen MR) is 75.1 cm³/mol. The van der Waals surface area contributed by atoms with E-state index in [2.05, 4.69) is 24.4 Å². The molecule has 18 heavy (non-hydrogen) atoms. The quantitative estimate of drug-likeness (QED) is 0.731. The van der Waals surface area contributed by atoms with Crippen molar-refractivity contribution in [2.75, 3.05) is 26.9 Å². The first-order valence-electron chi connectivity index (χ1n) is 6.76. The van der Waals surface area contributed by atoms with E-state index >= 15 is 0 Å². The van der Waals surface area contributed by atoms with Crippen LogP contribution in [-0.2, 0) is 4.74 Å². The first-order chi connectivity index (χ1) is 8.81. The van der Waals surface area contributed by atoms with Crippen LogP contribution in [0.4, 0.5) is 0 Å². The summed E-state index contributed by atoms with van der Waals surface area (Å²) in [7, 11) is 1.75. The van der Waals surface area contributed by atoms with Crippen LogP contribution >= 0.6 is 0 Å². The second-order valence-electron chi connectivity index (χ2n) is 4.29. The van der Waals surface area contributed by atoms with Crippen molar-refractivity contribution < 1.29 is 9.47 Å². The molecule has 3 heteroatoms. The standard InChI is InChI=1S/C15H25NO2/c1-4-11-16-15(10-12-17-3)13-6-8-14(9-7-13)18-5-2/h6-9,15-16H,4-5,10-12H2,1-3H3. The average molecular weight is 251 g/mol. The second kappa shape index (κ2) is 8.95. The average Bonchev–Trinajstić information content (AvgIpc) is 2.41. The zero-order valence-corrected chi connectivity index (χ0v) is 11.7. The summed E-state index contributed by atoms with van der Waals surface area (Å²) in [6.45, 7) is 6.69. The number of methoxy groups -OCH3 is 1. The number of rotatable bonds is 9. The molecule has 0 bridgehead atoms. The summed E-state index contributed by atoms with van der Waals surface area (Å²) in [5, 5.41) is 3.55. The van der Waals surface area contributed by atoms with Crippen molar-refractivity contribution in [1.29, 1.82) is 0 Å². The molecule has 0 radical (unpaired) electrons. The van der Waals surface area contributed by atoms with Gasteiger partial charge in [-0.15, -0.1) is 0 Å². The van der Waals surface area contributed by atoms with E-state index in [9.17, 15) is 0 Å². The van der Waals surface area contributed by atoms with Gasteiger partial charge in [-0.1, -0.05) is 19.1 Å². The molecular weight excluding hydrogens is 226 g/mol. The zero-order chi connectivity index (χ0) is 13.2. The van der Waals surface area contributed by atoms with E-state index in [-0.39, 0.29) is 0 Å². The Morgan fingerprint density at radius 3 is 2.44 bits per heavy atom. The summed E-state index contributed by atoms with van der Waals surface area (Å²) >= 11 is 0. The van der Waals surface area contributed by atoms with Gasteiger partial charge in [-0.25, -0.2) is 0 Å². The molecule has 0 amide bonds. The van der Waals surface area contributed by atoms with Crippen molar-refractivity contribution >= 4 is 0 Å². The summed E-state index contributed by atoms with van der Waals surface area (Å²) in [6.07, 6.45) is 2.13. The van der Waals surface area contributed by atoms with Crippen LogP contribution in [0.3, 0.4) is 0 Å². The van der Waals surface area contributed by atoms with Gasteiger partial charge in [-0.2, -0.15) is 0 Å². The highest BCUT2D eigenvalue weighted by Crippen LogP contribution is 2.20. The maximum Gasteiger partial charge on any atom is 0.119 e. The molecule has 1 unspecified atom stereocenters. The summed E-state index contributed by atoms with van der Waals surface area (Å²) in [6, 6.07) is 8.70.